The zero-order chi connectivity index (χ0) is 14.4. The Kier molecular flexibility index (Phi) is 5.38. The van der Waals surface area contributed by atoms with Gasteiger partial charge in [0.1, 0.15) is 0 Å². The van der Waals surface area contributed by atoms with E-state index in [-0.39, 0.29) is 0 Å². The van der Waals surface area contributed by atoms with Crippen molar-refractivity contribution in [3.63, 3.8) is 0 Å². The first-order chi connectivity index (χ1) is 9.69. The number of hydrogen-bond acceptors (Lipinski definition) is 3. The number of nitrogens with two attached hydrogens (primary N) is 1. The summed E-state index contributed by atoms with van der Waals surface area (Å²) < 4.78 is 5.18. The predicted molar refractivity (Wildman–Crippen MR) is 82.9 cm³/mol. The zero-order valence-corrected chi connectivity index (χ0v) is 12.3. The average Bonchev–Trinajstić information content (AvgIpc) is 2.85. The third-order valence-electron chi connectivity index (χ3n) is 3.59. The molecule has 3 N–H and O–H groups in total. The molecular formula is C15H24N4O. The molecule has 1 fully saturated rings. The van der Waals surface area contributed by atoms with Gasteiger partial charge in [0.15, 0.2) is 5.96 Å². The van der Waals surface area contributed by atoms with Crippen LogP contribution in [0.15, 0.2) is 29.3 Å². The summed E-state index contributed by atoms with van der Waals surface area (Å²) in [6, 6.07) is 7.97. The molecular weight excluding hydrogens is 252 g/mol. The van der Waals surface area contributed by atoms with E-state index in [1.54, 1.807) is 7.11 Å². The number of para-hydroxylation sites is 1. The van der Waals surface area contributed by atoms with Gasteiger partial charge in [0.05, 0.1) is 6.61 Å². The van der Waals surface area contributed by atoms with E-state index >= 15 is 0 Å². The molecule has 1 heterocycles. The molecule has 0 bridgehead atoms. The maximum absolute atomic E-state index is 5.97. The minimum Gasteiger partial charge on any atom is -0.380 e. The van der Waals surface area contributed by atoms with Crippen LogP contribution in [0.2, 0.25) is 0 Å². The lowest BCUT2D eigenvalue weighted by Crippen LogP contribution is -2.25. The summed E-state index contributed by atoms with van der Waals surface area (Å²) in [5.74, 6) is 1.10. The van der Waals surface area contributed by atoms with Gasteiger partial charge >= 0.3 is 0 Å². The van der Waals surface area contributed by atoms with E-state index in [2.05, 4.69) is 22.3 Å². The molecule has 2 rings (SSSR count). The maximum atomic E-state index is 5.97. The fraction of sp³-hybridized carbons (Fsp3) is 0.533. The van der Waals surface area contributed by atoms with Crippen molar-refractivity contribution in [1.29, 1.82) is 0 Å². The van der Waals surface area contributed by atoms with Crippen LogP contribution in [0.3, 0.4) is 0 Å². The monoisotopic (exact) mass is 276 g/mol. The summed E-state index contributed by atoms with van der Waals surface area (Å²) in [6.45, 7) is 3.61. The van der Waals surface area contributed by atoms with Gasteiger partial charge in [-0.25, -0.2) is 0 Å². The molecule has 0 amide bonds. The molecule has 5 nitrogen and oxygen atoms in total. The van der Waals surface area contributed by atoms with Crippen LogP contribution in [0.1, 0.15) is 12.0 Å². The lowest BCUT2D eigenvalue weighted by molar-refractivity contribution is 0.185. The van der Waals surface area contributed by atoms with Crippen molar-refractivity contribution >= 4 is 11.6 Å². The number of ether oxygens (including phenoxy) is 1. The van der Waals surface area contributed by atoms with Crippen LogP contribution in [0.25, 0.3) is 0 Å². The lowest BCUT2D eigenvalue weighted by Gasteiger charge is -2.12. The summed E-state index contributed by atoms with van der Waals surface area (Å²) in [5.41, 5.74) is 8.00. The SMILES string of the molecule is COCc1ccccc1NC(N)=NCC1CCN(C)C1. The average molecular weight is 276 g/mol. The summed E-state index contributed by atoms with van der Waals surface area (Å²) in [7, 11) is 3.83. The van der Waals surface area contributed by atoms with E-state index in [4.69, 9.17) is 10.5 Å². The number of hydrogen-bond donors (Lipinski definition) is 2. The first-order valence-electron chi connectivity index (χ1n) is 7.01. The van der Waals surface area contributed by atoms with Crippen molar-refractivity contribution in [1.82, 2.24) is 4.90 Å². The molecule has 5 heteroatoms. The van der Waals surface area contributed by atoms with Crippen LogP contribution >= 0.6 is 0 Å². The van der Waals surface area contributed by atoms with E-state index in [9.17, 15) is 0 Å². The van der Waals surface area contributed by atoms with Gasteiger partial charge in [-0.15, -0.1) is 0 Å². The number of anilines is 1. The molecule has 0 saturated carbocycles. The molecule has 0 spiro atoms. The van der Waals surface area contributed by atoms with Crippen LogP contribution in [0, 0.1) is 5.92 Å². The highest BCUT2D eigenvalue weighted by molar-refractivity contribution is 5.92. The van der Waals surface area contributed by atoms with E-state index in [1.165, 1.54) is 6.42 Å². The zero-order valence-electron chi connectivity index (χ0n) is 12.3. The molecule has 0 aliphatic carbocycles. The van der Waals surface area contributed by atoms with Crippen LogP contribution in [-0.4, -0.2) is 44.7 Å². The molecule has 1 aliphatic heterocycles. The van der Waals surface area contributed by atoms with Crippen molar-refractivity contribution in [2.24, 2.45) is 16.6 Å². The molecule has 1 unspecified atom stereocenters. The second-order valence-electron chi connectivity index (χ2n) is 5.36. The van der Waals surface area contributed by atoms with Crippen molar-refractivity contribution < 1.29 is 4.74 Å². The van der Waals surface area contributed by atoms with Gasteiger partial charge in [-0.05, 0) is 32.0 Å². The fourth-order valence-corrected chi connectivity index (χ4v) is 2.50. The summed E-state index contributed by atoms with van der Waals surface area (Å²) in [5, 5.41) is 3.16. The maximum Gasteiger partial charge on any atom is 0.193 e. The highest BCUT2D eigenvalue weighted by Gasteiger charge is 2.18. The third-order valence-corrected chi connectivity index (χ3v) is 3.59. The van der Waals surface area contributed by atoms with Crippen LogP contribution in [0.5, 0.6) is 0 Å². The van der Waals surface area contributed by atoms with Gasteiger partial charge in [0.2, 0.25) is 0 Å². The molecule has 1 aromatic rings. The Morgan fingerprint density at radius 3 is 3.00 bits per heavy atom. The highest BCUT2D eigenvalue weighted by Crippen LogP contribution is 2.16. The lowest BCUT2D eigenvalue weighted by atomic mass is 10.1. The quantitative estimate of drug-likeness (QED) is 0.632. The van der Waals surface area contributed by atoms with Crippen molar-refractivity contribution in [2.75, 3.05) is 39.1 Å². The Bertz CT molecular complexity index is 461. The van der Waals surface area contributed by atoms with Gasteiger partial charge in [0, 0.05) is 31.5 Å². The predicted octanol–water partition coefficient (Wildman–Crippen LogP) is 1.51. The molecule has 20 heavy (non-hydrogen) atoms. The largest absolute Gasteiger partial charge is 0.380 e. The molecule has 0 aromatic heterocycles. The molecule has 1 atom stereocenters. The number of nitrogens with one attached hydrogen (secondary N) is 1. The normalized spacial score (nSPS) is 20.3. The number of likely N-dealkylation sites (tertiary alicyclic amines) is 1. The molecule has 1 aliphatic rings. The Morgan fingerprint density at radius 1 is 1.50 bits per heavy atom. The molecule has 1 saturated heterocycles. The van der Waals surface area contributed by atoms with Gasteiger partial charge in [-0.1, -0.05) is 18.2 Å². The van der Waals surface area contributed by atoms with Crippen LogP contribution < -0.4 is 11.1 Å². The number of rotatable bonds is 5. The Labute approximate surface area is 120 Å². The highest BCUT2D eigenvalue weighted by atomic mass is 16.5. The Morgan fingerprint density at radius 2 is 2.30 bits per heavy atom. The minimum atomic E-state index is 0.475. The van der Waals surface area contributed by atoms with Gasteiger partial charge < -0.3 is 20.7 Å². The first-order valence-corrected chi connectivity index (χ1v) is 7.01. The molecule has 0 radical (unpaired) electrons. The van der Waals surface area contributed by atoms with Gasteiger partial charge in [-0.3, -0.25) is 4.99 Å². The number of methoxy groups -OCH3 is 1. The number of nitrogens with zero attached hydrogens (tertiary/aromatic N) is 2. The number of guanidine groups is 1. The third kappa shape index (κ3) is 4.21. The van der Waals surface area contributed by atoms with Crippen molar-refractivity contribution in [3.8, 4) is 0 Å². The van der Waals surface area contributed by atoms with E-state index in [1.807, 2.05) is 24.3 Å². The molecule has 1 aromatic carbocycles. The summed E-state index contributed by atoms with van der Waals surface area (Å²) in [4.78, 5) is 6.78. The van der Waals surface area contributed by atoms with Crippen LogP contribution in [0.4, 0.5) is 5.69 Å². The van der Waals surface area contributed by atoms with E-state index in [0.717, 1.165) is 30.9 Å². The first kappa shape index (κ1) is 14.8. The fourth-order valence-electron chi connectivity index (χ4n) is 2.50. The Hall–Kier alpha value is -1.59. The van der Waals surface area contributed by atoms with Crippen molar-refractivity contribution in [3.05, 3.63) is 29.8 Å². The standard InChI is InChI=1S/C15H24N4O/c1-19-8-7-12(10-19)9-17-15(16)18-14-6-4-3-5-13(14)11-20-2/h3-6,12H,7-11H2,1-2H3,(H3,16,17,18). The Balaban J connectivity index is 1.91. The number of benzene rings is 1. The minimum absolute atomic E-state index is 0.475. The summed E-state index contributed by atoms with van der Waals surface area (Å²) in [6.07, 6.45) is 1.20. The number of aliphatic imine (C=N–C) groups is 1. The molecule has 110 valence electrons. The van der Waals surface area contributed by atoms with Gasteiger partial charge in [0.25, 0.3) is 0 Å². The van der Waals surface area contributed by atoms with E-state index in [0.29, 0.717) is 18.5 Å². The topological polar surface area (TPSA) is 62.9 Å². The van der Waals surface area contributed by atoms with Crippen LogP contribution in [-0.2, 0) is 11.3 Å². The van der Waals surface area contributed by atoms with Crippen molar-refractivity contribution in [2.45, 2.75) is 13.0 Å². The second kappa shape index (κ2) is 7.26. The summed E-state index contributed by atoms with van der Waals surface area (Å²) >= 11 is 0. The van der Waals surface area contributed by atoms with E-state index < -0.39 is 0 Å². The second-order valence-corrected chi connectivity index (χ2v) is 5.36. The van der Waals surface area contributed by atoms with Gasteiger partial charge in [-0.2, -0.15) is 0 Å². The smallest absolute Gasteiger partial charge is 0.193 e.